The second-order valence-electron chi connectivity index (χ2n) is 8.35. The molecule has 0 saturated heterocycles. The van der Waals surface area contributed by atoms with E-state index >= 15 is 0 Å². The van der Waals surface area contributed by atoms with Gasteiger partial charge >= 0.3 is 12.1 Å². The Kier molecular flexibility index (Phi) is 8.46. The largest absolute Gasteiger partial charge is 0.480 e. The molecule has 3 N–H and O–H groups in total. The number of unbranched alkanes of at least 4 members (excludes halogenated alkanes) is 1. The Morgan fingerprint density at radius 1 is 0.879 bits per heavy atom. The molecule has 0 radical (unpaired) electrons. The van der Waals surface area contributed by atoms with Gasteiger partial charge in [-0.25, -0.2) is 9.59 Å². The predicted molar refractivity (Wildman–Crippen MR) is 126 cm³/mol. The van der Waals surface area contributed by atoms with E-state index in [1.165, 1.54) is 0 Å². The van der Waals surface area contributed by atoms with Gasteiger partial charge in [-0.15, -0.1) is 0 Å². The summed E-state index contributed by atoms with van der Waals surface area (Å²) in [6.45, 7) is 4.00. The zero-order valence-electron chi connectivity index (χ0n) is 19.2. The molecule has 2 aromatic rings. The van der Waals surface area contributed by atoms with E-state index in [9.17, 15) is 19.5 Å². The molecule has 0 aliphatic heterocycles. The molecule has 3 rings (SSSR count). The Balaban J connectivity index is 1.62. The Hall–Kier alpha value is -3.35. The van der Waals surface area contributed by atoms with Crippen LogP contribution >= 0.6 is 0 Å². The lowest BCUT2D eigenvalue weighted by atomic mass is 9.98. The number of benzene rings is 2. The maximum absolute atomic E-state index is 12.7. The molecule has 0 fully saturated rings. The van der Waals surface area contributed by atoms with Gasteiger partial charge in [0.05, 0.1) is 0 Å². The molecule has 0 bridgehead atoms. The van der Waals surface area contributed by atoms with Gasteiger partial charge in [0.25, 0.3) is 0 Å². The van der Waals surface area contributed by atoms with Crippen molar-refractivity contribution in [3.8, 4) is 11.1 Å². The maximum Gasteiger partial charge on any atom is 0.407 e. The van der Waals surface area contributed by atoms with E-state index in [2.05, 4.69) is 22.8 Å². The first-order chi connectivity index (χ1) is 16.0. The molecule has 0 spiro atoms. The minimum Gasteiger partial charge on any atom is -0.480 e. The quantitative estimate of drug-likeness (QED) is 0.467. The fourth-order valence-electron chi connectivity index (χ4n) is 4.28. The summed E-state index contributed by atoms with van der Waals surface area (Å²) in [4.78, 5) is 36.7. The predicted octanol–water partition coefficient (Wildman–Crippen LogP) is 4.45. The molecule has 7 heteroatoms. The van der Waals surface area contributed by atoms with Crippen LogP contribution in [0.4, 0.5) is 4.79 Å². The summed E-state index contributed by atoms with van der Waals surface area (Å²) < 4.78 is 5.54. The van der Waals surface area contributed by atoms with Crippen molar-refractivity contribution in [2.24, 2.45) is 0 Å². The molecule has 1 unspecified atom stereocenters. The number of hydrogen-bond donors (Lipinski definition) is 3. The van der Waals surface area contributed by atoms with Crippen LogP contribution in [0.3, 0.4) is 0 Å². The Morgan fingerprint density at radius 3 is 2.03 bits per heavy atom. The molecule has 176 valence electrons. The lowest BCUT2D eigenvalue weighted by Gasteiger charge is -2.21. The monoisotopic (exact) mass is 452 g/mol. The van der Waals surface area contributed by atoms with Gasteiger partial charge in [0.15, 0.2) is 0 Å². The zero-order chi connectivity index (χ0) is 23.8. The number of fused-ring (bicyclic) bond motifs is 3. The SMILES string of the molecule is CCCC[C@H](NC(=O)C(CCC)NC(=O)OCC1c2ccccc2-c2ccccc21)C(=O)O. The van der Waals surface area contributed by atoms with E-state index < -0.39 is 30.1 Å². The van der Waals surface area contributed by atoms with Crippen LogP contribution in [0.5, 0.6) is 0 Å². The lowest BCUT2D eigenvalue weighted by Crippen LogP contribution is -2.51. The van der Waals surface area contributed by atoms with Crippen LogP contribution in [-0.2, 0) is 14.3 Å². The highest BCUT2D eigenvalue weighted by atomic mass is 16.5. The van der Waals surface area contributed by atoms with Gasteiger partial charge < -0.3 is 20.5 Å². The number of hydrogen-bond acceptors (Lipinski definition) is 4. The number of rotatable bonds is 11. The van der Waals surface area contributed by atoms with E-state index in [1.807, 2.05) is 50.2 Å². The highest BCUT2D eigenvalue weighted by Crippen LogP contribution is 2.44. The molecule has 2 amide bonds. The standard InChI is InChI=1S/C26H32N2O5/c1-3-5-15-23(25(30)31)27-24(29)22(10-4-2)28-26(32)33-16-21-19-13-8-6-11-17(19)18-12-7-9-14-20(18)21/h6-9,11-14,21-23H,3-5,10,15-16H2,1-2H3,(H,27,29)(H,28,32)(H,30,31)/t22?,23-/m0/s1. The molecule has 7 nitrogen and oxygen atoms in total. The average molecular weight is 453 g/mol. The lowest BCUT2D eigenvalue weighted by molar-refractivity contribution is -0.142. The fourth-order valence-corrected chi connectivity index (χ4v) is 4.28. The molecular weight excluding hydrogens is 420 g/mol. The minimum absolute atomic E-state index is 0.0768. The summed E-state index contributed by atoms with van der Waals surface area (Å²) in [6.07, 6.45) is 2.21. The summed E-state index contributed by atoms with van der Waals surface area (Å²) in [5, 5.41) is 14.6. The summed E-state index contributed by atoms with van der Waals surface area (Å²) in [5.74, 6) is -1.66. The fraction of sp³-hybridized carbons (Fsp3) is 0.423. The van der Waals surface area contributed by atoms with Crippen molar-refractivity contribution < 1.29 is 24.2 Å². The maximum atomic E-state index is 12.7. The van der Waals surface area contributed by atoms with Crippen molar-refractivity contribution in [3.05, 3.63) is 59.7 Å². The Labute approximate surface area is 194 Å². The normalized spacial score (nSPS) is 14.0. The van der Waals surface area contributed by atoms with Crippen LogP contribution in [-0.4, -0.2) is 41.8 Å². The molecule has 2 atom stereocenters. The smallest absolute Gasteiger partial charge is 0.407 e. The van der Waals surface area contributed by atoms with E-state index in [-0.39, 0.29) is 12.5 Å². The summed E-state index contributed by atoms with van der Waals surface area (Å²) in [5.41, 5.74) is 4.48. The van der Waals surface area contributed by atoms with Crippen molar-refractivity contribution in [1.82, 2.24) is 10.6 Å². The average Bonchev–Trinajstić information content (AvgIpc) is 3.13. The third-order valence-corrected chi connectivity index (χ3v) is 5.99. The number of aliphatic carboxylic acids is 1. The summed E-state index contributed by atoms with van der Waals surface area (Å²) >= 11 is 0. The molecular formula is C26H32N2O5. The van der Waals surface area contributed by atoms with Crippen molar-refractivity contribution in [3.63, 3.8) is 0 Å². The van der Waals surface area contributed by atoms with Crippen LogP contribution in [0.2, 0.25) is 0 Å². The van der Waals surface area contributed by atoms with Crippen LogP contribution in [0.25, 0.3) is 11.1 Å². The molecule has 1 aliphatic rings. The van der Waals surface area contributed by atoms with Crippen LogP contribution < -0.4 is 10.6 Å². The van der Waals surface area contributed by atoms with Crippen LogP contribution in [0.15, 0.2) is 48.5 Å². The van der Waals surface area contributed by atoms with Gasteiger partial charge in [-0.3, -0.25) is 4.79 Å². The molecule has 0 saturated carbocycles. The number of carbonyl (C=O) groups is 3. The van der Waals surface area contributed by atoms with Crippen LogP contribution in [0, 0.1) is 0 Å². The van der Waals surface area contributed by atoms with Gasteiger partial charge in [-0.2, -0.15) is 0 Å². The summed E-state index contributed by atoms with van der Waals surface area (Å²) in [7, 11) is 0. The first kappa shape index (κ1) is 24.3. The first-order valence-electron chi connectivity index (χ1n) is 11.6. The molecule has 2 aromatic carbocycles. The van der Waals surface area contributed by atoms with Gasteiger partial charge in [0.1, 0.15) is 18.7 Å². The van der Waals surface area contributed by atoms with Gasteiger partial charge in [-0.1, -0.05) is 81.6 Å². The third-order valence-electron chi connectivity index (χ3n) is 5.99. The number of carboxylic acid groups (broad SMARTS) is 1. The summed E-state index contributed by atoms with van der Waals surface area (Å²) in [6, 6.07) is 14.3. The molecule has 0 heterocycles. The van der Waals surface area contributed by atoms with E-state index in [0.717, 1.165) is 28.7 Å². The number of alkyl carbamates (subject to hydrolysis) is 1. The number of nitrogens with one attached hydrogen (secondary N) is 2. The van der Waals surface area contributed by atoms with Crippen molar-refractivity contribution in [2.75, 3.05) is 6.61 Å². The number of ether oxygens (including phenoxy) is 1. The molecule has 1 aliphatic carbocycles. The Bertz CT molecular complexity index is 945. The zero-order valence-corrected chi connectivity index (χ0v) is 19.2. The van der Waals surface area contributed by atoms with E-state index in [0.29, 0.717) is 25.7 Å². The first-order valence-corrected chi connectivity index (χ1v) is 11.6. The van der Waals surface area contributed by atoms with E-state index in [1.54, 1.807) is 0 Å². The number of carboxylic acids is 1. The van der Waals surface area contributed by atoms with Crippen molar-refractivity contribution in [2.45, 2.75) is 64.0 Å². The van der Waals surface area contributed by atoms with Gasteiger partial charge in [0, 0.05) is 5.92 Å². The third kappa shape index (κ3) is 5.92. The number of amides is 2. The van der Waals surface area contributed by atoms with Crippen molar-refractivity contribution in [1.29, 1.82) is 0 Å². The highest BCUT2D eigenvalue weighted by molar-refractivity contribution is 5.89. The minimum atomic E-state index is -1.08. The second kappa shape index (κ2) is 11.5. The van der Waals surface area contributed by atoms with Crippen LogP contribution in [0.1, 0.15) is 63.0 Å². The van der Waals surface area contributed by atoms with Gasteiger partial charge in [0.2, 0.25) is 5.91 Å². The second-order valence-corrected chi connectivity index (χ2v) is 8.35. The van der Waals surface area contributed by atoms with E-state index in [4.69, 9.17) is 4.74 Å². The van der Waals surface area contributed by atoms with Gasteiger partial charge in [-0.05, 0) is 35.1 Å². The molecule has 0 aromatic heterocycles. The number of carbonyl (C=O) groups excluding carboxylic acids is 2. The topological polar surface area (TPSA) is 105 Å². The highest BCUT2D eigenvalue weighted by Gasteiger charge is 2.30. The Morgan fingerprint density at radius 2 is 1.48 bits per heavy atom. The molecule has 33 heavy (non-hydrogen) atoms. The van der Waals surface area contributed by atoms with Crippen molar-refractivity contribution >= 4 is 18.0 Å².